The Balaban J connectivity index is 1.83. The van der Waals surface area contributed by atoms with Gasteiger partial charge in [-0.2, -0.15) is 5.10 Å². The Kier molecular flexibility index (Phi) is 3.56. The highest BCUT2D eigenvalue weighted by molar-refractivity contribution is 9.10. The molecule has 1 N–H and O–H groups in total. The van der Waals surface area contributed by atoms with Crippen LogP contribution in [0.2, 0.25) is 0 Å². The van der Waals surface area contributed by atoms with Crippen LogP contribution in [0.15, 0.2) is 28.7 Å². The summed E-state index contributed by atoms with van der Waals surface area (Å²) >= 11 is 3.54. The molecule has 1 aromatic carbocycles. The lowest BCUT2D eigenvalue weighted by atomic mass is 9.92. The van der Waals surface area contributed by atoms with Gasteiger partial charge in [-0.15, -0.1) is 0 Å². The van der Waals surface area contributed by atoms with Crippen molar-refractivity contribution >= 4 is 15.9 Å². The number of ether oxygens (including phenoxy) is 1. The van der Waals surface area contributed by atoms with E-state index in [9.17, 15) is 5.11 Å². The monoisotopic (exact) mass is 336 g/mol. The molecule has 0 aliphatic carbocycles. The van der Waals surface area contributed by atoms with Crippen LogP contribution in [-0.4, -0.2) is 27.6 Å². The number of aromatic nitrogens is 2. The first-order valence-corrected chi connectivity index (χ1v) is 7.45. The largest absolute Gasteiger partial charge is 0.493 e. The predicted molar refractivity (Wildman–Crippen MR) is 80.0 cm³/mol. The summed E-state index contributed by atoms with van der Waals surface area (Å²) in [6.07, 6.45) is 0.0741. The third kappa shape index (κ3) is 2.25. The third-order valence-corrected chi connectivity index (χ3v) is 4.90. The molecule has 1 aliphatic rings. The van der Waals surface area contributed by atoms with E-state index in [0.717, 1.165) is 27.2 Å². The molecule has 0 radical (unpaired) electrons. The Morgan fingerprint density at radius 1 is 1.50 bits per heavy atom. The maximum atomic E-state index is 10.6. The van der Waals surface area contributed by atoms with Gasteiger partial charge in [0.2, 0.25) is 0 Å². The average Bonchev–Trinajstić information content (AvgIpc) is 2.96. The standard InChI is InChI=1S/C15H17BrN2O2/c1-9-15(16)12(18(2)17-9)7-13(19)11-8-20-14-6-4-3-5-10(11)14/h3-6,11,13,19H,7-8H2,1-2H3. The van der Waals surface area contributed by atoms with Gasteiger partial charge in [0.25, 0.3) is 0 Å². The normalized spacial score (nSPS) is 18.7. The quantitative estimate of drug-likeness (QED) is 0.936. The van der Waals surface area contributed by atoms with Crippen molar-refractivity contribution in [3.8, 4) is 5.75 Å². The fourth-order valence-corrected chi connectivity index (χ4v) is 3.25. The molecule has 2 aromatic rings. The molecule has 4 nitrogen and oxygen atoms in total. The smallest absolute Gasteiger partial charge is 0.123 e. The van der Waals surface area contributed by atoms with Crippen molar-refractivity contribution < 1.29 is 9.84 Å². The Bertz CT molecular complexity index is 639. The van der Waals surface area contributed by atoms with Crippen molar-refractivity contribution in [2.24, 2.45) is 7.05 Å². The highest BCUT2D eigenvalue weighted by Crippen LogP contribution is 2.37. The van der Waals surface area contributed by atoms with Crippen molar-refractivity contribution in [2.75, 3.05) is 6.61 Å². The summed E-state index contributed by atoms with van der Waals surface area (Å²) in [5.41, 5.74) is 3.05. The number of hydrogen-bond acceptors (Lipinski definition) is 3. The zero-order valence-corrected chi connectivity index (χ0v) is 13.1. The van der Waals surface area contributed by atoms with E-state index in [0.29, 0.717) is 13.0 Å². The maximum absolute atomic E-state index is 10.6. The zero-order chi connectivity index (χ0) is 14.3. The highest BCUT2D eigenvalue weighted by Gasteiger charge is 2.31. The Labute approximate surface area is 126 Å². The van der Waals surface area contributed by atoms with Crippen LogP contribution < -0.4 is 4.74 Å². The van der Waals surface area contributed by atoms with Crippen LogP contribution >= 0.6 is 15.9 Å². The van der Waals surface area contributed by atoms with Crippen LogP contribution in [0.3, 0.4) is 0 Å². The number of fused-ring (bicyclic) bond motifs is 1. The molecule has 0 saturated heterocycles. The van der Waals surface area contributed by atoms with E-state index in [4.69, 9.17) is 4.74 Å². The van der Waals surface area contributed by atoms with Gasteiger partial charge in [0.1, 0.15) is 5.75 Å². The lowest BCUT2D eigenvalue weighted by molar-refractivity contribution is 0.127. The van der Waals surface area contributed by atoms with Crippen LogP contribution in [0.5, 0.6) is 5.75 Å². The highest BCUT2D eigenvalue weighted by atomic mass is 79.9. The first kappa shape index (κ1) is 13.6. The number of rotatable bonds is 3. The molecule has 0 bridgehead atoms. The van der Waals surface area contributed by atoms with Crippen molar-refractivity contribution in [3.05, 3.63) is 45.7 Å². The topological polar surface area (TPSA) is 47.3 Å². The van der Waals surface area contributed by atoms with E-state index in [1.54, 1.807) is 0 Å². The van der Waals surface area contributed by atoms with E-state index in [2.05, 4.69) is 21.0 Å². The molecule has 2 atom stereocenters. The van der Waals surface area contributed by atoms with Gasteiger partial charge in [-0.1, -0.05) is 18.2 Å². The Hall–Kier alpha value is -1.33. The second kappa shape index (κ2) is 5.22. The fourth-order valence-electron chi connectivity index (χ4n) is 2.75. The molecule has 2 unspecified atom stereocenters. The van der Waals surface area contributed by atoms with E-state index in [-0.39, 0.29) is 5.92 Å². The van der Waals surface area contributed by atoms with Gasteiger partial charge in [0.15, 0.2) is 0 Å². The fraction of sp³-hybridized carbons (Fsp3) is 0.400. The molecule has 0 fully saturated rings. The number of para-hydroxylation sites is 1. The summed E-state index contributed by atoms with van der Waals surface area (Å²) in [6, 6.07) is 7.91. The number of aliphatic hydroxyl groups is 1. The first-order chi connectivity index (χ1) is 9.58. The number of aryl methyl sites for hydroxylation is 2. The number of hydrogen-bond donors (Lipinski definition) is 1. The molecule has 0 spiro atoms. The van der Waals surface area contributed by atoms with Crippen LogP contribution in [0.4, 0.5) is 0 Å². The minimum Gasteiger partial charge on any atom is -0.493 e. The van der Waals surface area contributed by atoms with E-state index in [1.165, 1.54) is 0 Å². The Morgan fingerprint density at radius 2 is 2.25 bits per heavy atom. The molecule has 0 saturated carbocycles. The molecule has 1 aromatic heterocycles. The summed E-state index contributed by atoms with van der Waals surface area (Å²) in [6.45, 7) is 2.49. The molecule has 2 heterocycles. The van der Waals surface area contributed by atoms with Gasteiger partial charge in [0, 0.05) is 24.9 Å². The van der Waals surface area contributed by atoms with Gasteiger partial charge in [-0.05, 0) is 28.9 Å². The number of halogens is 1. The molecule has 3 rings (SSSR count). The summed E-state index contributed by atoms with van der Waals surface area (Å²) in [7, 11) is 1.90. The van der Waals surface area contributed by atoms with Crippen LogP contribution in [0.25, 0.3) is 0 Å². The van der Waals surface area contributed by atoms with Gasteiger partial charge in [0.05, 0.1) is 28.6 Å². The van der Waals surface area contributed by atoms with E-state index in [1.807, 2.05) is 42.9 Å². The van der Waals surface area contributed by atoms with Crippen molar-refractivity contribution in [2.45, 2.75) is 25.4 Å². The van der Waals surface area contributed by atoms with Gasteiger partial charge >= 0.3 is 0 Å². The molecular weight excluding hydrogens is 320 g/mol. The lowest BCUT2D eigenvalue weighted by Crippen LogP contribution is -2.23. The predicted octanol–water partition coefficient (Wildman–Crippen LogP) is 2.57. The minimum absolute atomic E-state index is 0.0216. The minimum atomic E-state index is -0.482. The summed E-state index contributed by atoms with van der Waals surface area (Å²) in [5, 5.41) is 14.9. The molecule has 5 heteroatoms. The first-order valence-electron chi connectivity index (χ1n) is 6.65. The Morgan fingerprint density at radius 3 is 2.95 bits per heavy atom. The molecule has 1 aliphatic heterocycles. The second-order valence-electron chi connectivity index (χ2n) is 5.20. The maximum Gasteiger partial charge on any atom is 0.123 e. The molecule has 20 heavy (non-hydrogen) atoms. The zero-order valence-electron chi connectivity index (χ0n) is 11.5. The van der Waals surface area contributed by atoms with Gasteiger partial charge < -0.3 is 9.84 Å². The van der Waals surface area contributed by atoms with E-state index >= 15 is 0 Å². The number of aliphatic hydroxyl groups excluding tert-OH is 1. The summed E-state index contributed by atoms with van der Waals surface area (Å²) in [4.78, 5) is 0. The van der Waals surface area contributed by atoms with Crippen LogP contribution in [0, 0.1) is 6.92 Å². The second-order valence-corrected chi connectivity index (χ2v) is 5.99. The van der Waals surface area contributed by atoms with Crippen molar-refractivity contribution in [1.82, 2.24) is 9.78 Å². The summed E-state index contributed by atoms with van der Waals surface area (Å²) < 4.78 is 8.44. The van der Waals surface area contributed by atoms with Gasteiger partial charge in [-0.3, -0.25) is 4.68 Å². The molecular formula is C15H17BrN2O2. The van der Waals surface area contributed by atoms with Gasteiger partial charge in [-0.25, -0.2) is 0 Å². The summed E-state index contributed by atoms with van der Waals surface area (Å²) in [5.74, 6) is 0.908. The molecule has 106 valence electrons. The average molecular weight is 337 g/mol. The number of benzene rings is 1. The SMILES string of the molecule is Cc1nn(C)c(CC(O)C2COc3ccccc32)c1Br. The van der Waals surface area contributed by atoms with Crippen molar-refractivity contribution in [1.29, 1.82) is 0 Å². The third-order valence-electron chi connectivity index (χ3n) is 3.87. The lowest BCUT2D eigenvalue weighted by Gasteiger charge is -2.17. The van der Waals surface area contributed by atoms with Crippen molar-refractivity contribution in [3.63, 3.8) is 0 Å². The van der Waals surface area contributed by atoms with Crippen LogP contribution in [-0.2, 0) is 13.5 Å². The van der Waals surface area contributed by atoms with E-state index < -0.39 is 6.10 Å². The molecule has 0 amide bonds. The number of nitrogens with zero attached hydrogens (tertiary/aromatic N) is 2. The van der Waals surface area contributed by atoms with Crippen LogP contribution in [0.1, 0.15) is 22.9 Å².